The van der Waals surface area contributed by atoms with Crippen molar-refractivity contribution < 1.29 is 9.47 Å². The molecule has 0 aliphatic rings. The zero-order chi connectivity index (χ0) is 9.40. The first-order valence-electron chi connectivity index (χ1n) is 4.72. The third-order valence-electron chi connectivity index (χ3n) is 2.24. The van der Waals surface area contributed by atoms with Crippen LogP contribution in [0.25, 0.3) is 0 Å². The van der Waals surface area contributed by atoms with E-state index in [0.717, 1.165) is 19.1 Å². The van der Waals surface area contributed by atoms with Gasteiger partial charge in [0.05, 0.1) is 13.2 Å². The van der Waals surface area contributed by atoms with Crippen molar-refractivity contribution in [2.24, 2.45) is 11.8 Å². The van der Waals surface area contributed by atoms with Crippen LogP contribution in [-0.2, 0) is 9.47 Å². The number of methoxy groups -OCH3 is 2. The Balaban J connectivity index is 3.61. The molecule has 0 spiro atoms. The number of hydrogen-bond donors (Lipinski definition) is 0. The molecule has 0 saturated carbocycles. The summed E-state index contributed by atoms with van der Waals surface area (Å²) in [6.07, 6.45) is 2.45. The van der Waals surface area contributed by atoms with E-state index in [0.29, 0.717) is 5.92 Å². The monoisotopic (exact) mass is 174 g/mol. The molecule has 74 valence electrons. The Kier molecular flexibility index (Phi) is 7.51. The third-order valence-corrected chi connectivity index (χ3v) is 2.24. The standard InChI is InChI=1S/C10H22O2/c1-5-9(2)6-10(7-11-3)8-12-4/h9-10H,5-8H2,1-4H3. The number of ether oxygens (including phenoxy) is 2. The van der Waals surface area contributed by atoms with Gasteiger partial charge in [-0.25, -0.2) is 0 Å². The van der Waals surface area contributed by atoms with Gasteiger partial charge < -0.3 is 9.47 Å². The van der Waals surface area contributed by atoms with Crippen LogP contribution in [0.3, 0.4) is 0 Å². The van der Waals surface area contributed by atoms with Crippen LogP contribution in [0.15, 0.2) is 0 Å². The molecule has 1 unspecified atom stereocenters. The highest BCUT2D eigenvalue weighted by atomic mass is 16.5. The van der Waals surface area contributed by atoms with Crippen LogP contribution in [0.4, 0.5) is 0 Å². The minimum absolute atomic E-state index is 0.565. The van der Waals surface area contributed by atoms with Crippen molar-refractivity contribution in [1.29, 1.82) is 0 Å². The van der Waals surface area contributed by atoms with E-state index in [4.69, 9.17) is 9.47 Å². The summed E-state index contributed by atoms with van der Waals surface area (Å²) >= 11 is 0. The van der Waals surface area contributed by atoms with E-state index in [2.05, 4.69) is 13.8 Å². The van der Waals surface area contributed by atoms with Gasteiger partial charge in [0, 0.05) is 20.1 Å². The second-order valence-corrected chi connectivity index (χ2v) is 3.53. The van der Waals surface area contributed by atoms with E-state index in [9.17, 15) is 0 Å². The van der Waals surface area contributed by atoms with Gasteiger partial charge in [0.25, 0.3) is 0 Å². The molecular weight excluding hydrogens is 152 g/mol. The molecule has 0 aliphatic carbocycles. The zero-order valence-corrected chi connectivity index (χ0v) is 8.80. The third kappa shape index (κ3) is 5.56. The van der Waals surface area contributed by atoms with Crippen LogP contribution in [0.5, 0.6) is 0 Å². The molecule has 1 atom stereocenters. The fourth-order valence-corrected chi connectivity index (χ4v) is 1.39. The maximum Gasteiger partial charge on any atom is 0.0512 e. The summed E-state index contributed by atoms with van der Waals surface area (Å²) in [6, 6.07) is 0. The van der Waals surface area contributed by atoms with Crippen molar-refractivity contribution in [2.75, 3.05) is 27.4 Å². The molecule has 0 saturated heterocycles. The van der Waals surface area contributed by atoms with Gasteiger partial charge >= 0.3 is 0 Å². The lowest BCUT2D eigenvalue weighted by atomic mass is 9.95. The minimum atomic E-state index is 0.565. The average molecular weight is 174 g/mol. The van der Waals surface area contributed by atoms with Gasteiger partial charge in [0.2, 0.25) is 0 Å². The van der Waals surface area contributed by atoms with E-state index in [1.807, 2.05) is 0 Å². The Bertz CT molecular complexity index is 87.8. The predicted octanol–water partition coefficient (Wildman–Crippen LogP) is 2.33. The summed E-state index contributed by atoms with van der Waals surface area (Å²) in [5.74, 6) is 1.34. The van der Waals surface area contributed by atoms with Crippen molar-refractivity contribution in [2.45, 2.75) is 26.7 Å². The smallest absolute Gasteiger partial charge is 0.0512 e. The lowest BCUT2D eigenvalue weighted by Crippen LogP contribution is -2.17. The second kappa shape index (κ2) is 7.56. The highest BCUT2D eigenvalue weighted by Crippen LogP contribution is 2.15. The largest absolute Gasteiger partial charge is 0.384 e. The lowest BCUT2D eigenvalue weighted by molar-refractivity contribution is 0.0727. The quantitative estimate of drug-likeness (QED) is 0.589. The molecule has 0 bridgehead atoms. The van der Waals surface area contributed by atoms with Gasteiger partial charge in [-0.15, -0.1) is 0 Å². The van der Waals surface area contributed by atoms with Crippen LogP contribution >= 0.6 is 0 Å². The van der Waals surface area contributed by atoms with Crippen LogP contribution < -0.4 is 0 Å². The van der Waals surface area contributed by atoms with Crippen LogP contribution in [0.1, 0.15) is 26.7 Å². The van der Waals surface area contributed by atoms with Crippen molar-refractivity contribution in [3.63, 3.8) is 0 Å². The van der Waals surface area contributed by atoms with E-state index >= 15 is 0 Å². The van der Waals surface area contributed by atoms with Gasteiger partial charge in [0.15, 0.2) is 0 Å². The molecule has 0 aromatic rings. The van der Waals surface area contributed by atoms with Gasteiger partial charge in [0.1, 0.15) is 0 Å². The SMILES string of the molecule is CCC(C)CC(COC)COC. The Morgan fingerprint density at radius 1 is 1.08 bits per heavy atom. The maximum absolute atomic E-state index is 5.12. The first-order chi connectivity index (χ1) is 5.74. The molecular formula is C10H22O2. The Morgan fingerprint density at radius 3 is 1.92 bits per heavy atom. The molecule has 0 amide bonds. The summed E-state index contributed by atoms with van der Waals surface area (Å²) in [5, 5.41) is 0. The highest BCUT2D eigenvalue weighted by molar-refractivity contribution is 4.61. The minimum Gasteiger partial charge on any atom is -0.384 e. The Hall–Kier alpha value is -0.0800. The molecule has 0 aliphatic heterocycles. The average Bonchev–Trinajstić information content (AvgIpc) is 2.05. The lowest BCUT2D eigenvalue weighted by Gasteiger charge is -2.18. The van der Waals surface area contributed by atoms with Crippen molar-refractivity contribution in [1.82, 2.24) is 0 Å². The van der Waals surface area contributed by atoms with Crippen LogP contribution in [0, 0.1) is 11.8 Å². The summed E-state index contributed by atoms with van der Waals surface area (Å²) in [6.45, 7) is 6.13. The van der Waals surface area contributed by atoms with Gasteiger partial charge in [-0.05, 0) is 12.3 Å². The fourth-order valence-electron chi connectivity index (χ4n) is 1.39. The van der Waals surface area contributed by atoms with Crippen molar-refractivity contribution >= 4 is 0 Å². The highest BCUT2D eigenvalue weighted by Gasteiger charge is 2.11. The van der Waals surface area contributed by atoms with E-state index < -0.39 is 0 Å². The Morgan fingerprint density at radius 2 is 1.58 bits per heavy atom. The van der Waals surface area contributed by atoms with E-state index in [-0.39, 0.29) is 0 Å². The summed E-state index contributed by atoms with van der Waals surface area (Å²) in [4.78, 5) is 0. The Labute approximate surface area is 76.3 Å². The van der Waals surface area contributed by atoms with E-state index in [1.54, 1.807) is 14.2 Å². The second-order valence-electron chi connectivity index (χ2n) is 3.53. The maximum atomic E-state index is 5.12. The number of rotatable bonds is 7. The topological polar surface area (TPSA) is 18.5 Å². The van der Waals surface area contributed by atoms with Gasteiger partial charge in [-0.2, -0.15) is 0 Å². The molecule has 0 aromatic carbocycles. The van der Waals surface area contributed by atoms with E-state index in [1.165, 1.54) is 12.8 Å². The molecule has 0 radical (unpaired) electrons. The van der Waals surface area contributed by atoms with Crippen molar-refractivity contribution in [3.05, 3.63) is 0 Å². The summed E-state index contributed by atoms with van der Waals surface area (Å²) < 4.78 is 10.2. The van der Waals surface area contributed by atoms with Crippen LogP contribution in [0.2, 0.25) is 0 Å². The number of hydrogen-bond acceptors (Lipinski definition) is 2. The van der Waals surface area contributed by atoms with Crippen LogP contribution in [-0.4, -0.2) is 27.4 Å². The molecule has 0 aromatic heterocycles. The molecule has 2 heteroatoms. The summed E-state index contributed by atoms with van der Waals surface area (Å²) in [7, 11) is 3.50. The molecule has 0 rings (SSSR count). The normalized spacial score (nSPS) is 13.8. The van der Waals surface area contributed by atoms with Gasteiger partial charge in [-0.1, -0.05) is 20.3 Å². The molecule has 0 N–H and O–H groups in total. The summed E-state index contributed by atoms with van der Waals surface area (Å²) in [5.41, 5.74) is 0. The zero-order valence-electron chi connectivity index (χ0n) is 8.80. The predicted molar refractivity (Wildman–Crippen MR) is 51.3 cm³/mol. The first kappa shape index (κ1) is 11.9. The molecule has 0 fully saturated rings. The fraction of sp³-hybridized carbons (Fsp3) is 1.00. The first-order valence-corrected chi connectivity index (χ1v) is 4.72. The molecule has 2 nitrogen and oxygen atoms in total. The molecule has 0 heterocycles. The molecule has 12 heavy (non-hydrogen) atoms. The van der Waals surface area contributed by atoms with Crippen molar-refractivity contribution in [3.8, 4) is 0 Å². The van der Waals surface area contributed by atoms with Gasteiger partial charge in [-0.3, -0.25) is 0 Å².